The van der Waals surface area contributed by atoms with Crippen LogP contribution in [0.25, 0.3) is 0 Å². The largest absolute Gasteiger partial charge is 1.00 e. The van der Waals surface area contributed by atoms with Crippen molar-refractivity contribution in [1.29, 1.82) is 0 Å². The quantitative estimate of drug-likeness (QED) is 0.388. The fourth-order valence-electron chi connectivity index (χ4n) is 2.82. The summed E-state index contributed by atoms with van der Waals surface area (Å²) in [4.78, 5) is 25.2. The van der Waals surface area contributed by atoms with Crippen LogP contribution in [0.1, 0.15) is 28.4 Å². The van der Waals surface area contributed by atoms with Gasteiger partial charge in [-0.1, -0.05) is 31.2 Å². The van der Waals surface area contributed by atoms with Crippen LogP contribution in [0.5, 0.6) is 0 Å². The first-order chi connectivity index (χ1) is 11.3. The number of nitrogens with zero attached hydrogens (tertiary/aromatic N) is 1. The Labute approximate surface area is 167 Å². The zero-order valence-electron chi connectivity index (χ0n) is 13.9. The van der Waals surface area contributed by atoms with Gasteiger partial charge in [0.25, 0.3) is 11.7 Å². The van der Waals surface area contributed by atoms with Crippen LogP contribution in [0.3, 0.4) is 0 Å². The van der Waals surface area contributed by atoms with Gasteiger partial charge < -0.3 is 9.45 Å². The third-order valence-electron chi connectivity index (χ3n) is 4.06. The van der Waals surface area contributed by atoms with E-state index in [-0.39, 0.29) is 41.7 Å². The SMILES string of the molecule is CCc1ccccc1CN1C(=O)C(=O)c2cc(S(=O)(=O)[O-])ccc21.[Na+]. The van der Waals surface area contributed by atoms with E-state index in [1.165, 1.54) is 11.0 Å². The maximum Gasteiger partial charge on any atom is 1.00 e. The molecule has 0 spiro atoms. The van der Waals surface area contributed by atoms with Gasteiger partial charge in [-0.15, -0.1) is 0 Å². The number of carbonyl (C=O) groups is 2. The summed E-state index contributed by atoms with van der Waals surface area (Å²) in [6.45, 7) is 2.21. The zero-order chi connectivity index (χ0) is 17.5. The third-order valence-corrected chi connectivity index (χ3v) is 4.89. The van der Waals surface area contributed by atoms with E-state index in [2.05, 4.69) is 0 Å². The van der Waals surface area contributed by atoms with Crippen molar-refractivity contribution in [1.82, 2.24) is 0 Å². The Balaban J connectivity index is 0.00000225. The molecule has 0 saturated heterocycles. The van der Waals surface area contributed by atoms with Crippen LogP contribution in [0.2, 0.25) is 0 Å². The van der Waals surface area contributed by atoms with E-state index in [1.54, 1.807) is 0 Å². The van der Waals surface area contributed by atoms with Crippen molar-refractivity contribution in [3.05, 3.63) is 59.2 Å². The predicted octanol–water partition coefficient (Wildman–Crippen LogP) is -1.11. The Kier molecular flexibility index (Phi) is 5.86. The summed E-state index contributed by atoms with van der Waals surface area (Å²) in [6.07, 6.45) is 0.784. The molecular weight excluding hydrogens is 353 g/mol. The number of carbonyl (C=O) groups excluding carboxylic acids is 2. The van der Waals surface area contributed by atoms with E-state index in [1.807, 2.05) is 31.2 Å². The molecule has 0 radical (unpaired) electrons. The molecule has 0 fully saturated rings. The first-order valence-corrected chi connectivity index (χ1v) is 8.76. The maximum atomic E-state index is 12.3. The number of fused-ring (bicyclic) bond motifs is 1. The minimum Gasteiger partial charge on any atom is -0.744 e. The fourth-order valence-corrected chi connectivity index (χ4v) is 3.32. The van der Waals surface area contributed by atoms with Crippen LogP contribution < -0.4 is 34.5 Å². The van der Waals surface area contributed by atoms with Crippen LogP contribution in [-0.4, -0.2) is 24.7 Å². The number of aryl methyl sites for hydroxylation is 1. The molecular formula is C17H14NNaO5S. The van der Waals surface area contributed by atoms with Crippen molar-refractivity contribution >= 4 is 27.5 Å². The van der Waals surface area contributed by atoms with E-state index >= 15 is 0 Å². The molecule has 0 saturated carbocycles. The smallest absolute Gasteiger partial charge is 0.744 e. The molecule has 0 aliphatic carbocycles. The van der Waals surface area contributed by atoms with Gasteiger partial charge >= 0.3 is 29.6 Å². The topological polar surface area (TPSA) is 94.6 Å². The molecule has 3 rings (SSSR count). The molecule has 0 N–H and O–H groups in total. The number of hydrogen-bond donors (Lipinski definition) is 0. The molecule has 1 aliphatic rings. The van der Waals surface area contributed by atoms with Crippen molar-refractivity contribution in [2.24, 2.45) is 0 Å². The molecule has 25 heavy (non-hydrogen) atoms. The Morgan fingerprint density at radius 1 is 1.04 bits per heavy atom. The van der Waals surface area contributed by atoms with E-state index in [4.69, 9.17) is 0 Å². The van der Waals surface area contributed by atoms with Gasteiger partial charge in [-0.25, -0.2) is 8.42 Å². The minimum absolute atomic E-state index is 0. The van der Waals surface area contributed by atoms with Crippen molar-refractivity contribution in [2.45, 2.75) is 24.8 Å². The number of hydrogen-bond acceptors (Lipinski definition) is 5. The number of ketones is 1. The van der Waals surface area contributed by atoms with Crippen LogP contribution in [-0.2, 0) is 27.9 Å². The molecule has 124 valence electrons. The summed E-state index contributed by atoms with van der Waals surface area (Å²) < 4.78 is 33.3. The standard InChI is InChI=1S/C17H15NO5S.Na/c1-2-11-5-3-4-6-12(11)10-18-15-8-7-13(24(21,22)23)9-14(15)16(19)17(18)20;/h3-9H,2,10H2,1H3,(H,21,22,23);/q;+1/p-1. The normalized spacial score (nSPS) is 13.6. The summed E-state index contributed by atoms with van der Waals surface area (Å²) >= 11 is 0. The van der Waals surface area contributed by atoms with Gasteiger partial charge in [0, 0.05) is 0 Å². The van der Waals surface area contributed by atoms with Gasteiger partial charge in [0.1, 0.15) is 10.1 Å². The van der Waals surface area contributed by atoms with Crippen LogP contribution in [0, 0.1) is 0 Å². The summed E-state index contributed by atoms with van der Waals surface area (Å²) in [5, 5.41) is 0. The molecule has 1 heterocycles. The van der Waals surface area contributed by atoms with Gasteiger partial charge in [0.2, 0.25) is 0 Å². The Morgan fingerprint density at radius 3 is 2.28 bits per heavy atom. The van der Waals surface area contributed by atoms with Crippen LogP contribution >= 0.6 is 0 Å². The molecule has 0 aromatic heterocycles. The van der Waals surface area contributed by atoms with Gasteiger partial charge in [-0.2, -0.15) is 0 Å². The van der Waals surface area contributed by atoms with Gasteiger partial charge in [0.05, 0.1) is 22.7 Å². The molecule has 1 amide bonds. The average molecular weight is 367 g/mol. The second kappa shape index (κ2) is 7.39. The molecule has 2 aromatic carbocycles. The van der Waals surface area contributed by atoms with E-state index in [0.29, 0.717) is 5.69 Å². The monoisotopic (exact) mass is 367 g/mol. The number of Topliss-reactive ketones (excluding diaryl/α,β-unsaturated/α-hetero) is 1. The number of rotatable bonds is 4. The van der Waals surface area contributed by atoms with Gasteiger partial charge in [0.15, 0.2) is 0 Å². The number of anilines is 1. The maximum absolute atomic E-state index is 12.3. The summed E-state index contributed by atoms with van der Waals surface area (Å²) in [7, 11) is -4.68. The first-order valence-electron chi connectivity index (χ1n) is 7.36. The molecule has 0 unspecified atom stereocenters. The van der Waals surface area contributed by atoms with E-state index < -0.39 is 26.7 Å². The second-order valence-corrected chi connectivity index (χ2v) is 6.86. The second-order valence-electron chi connectivity index (χ2n) is 5.48. The van der Waals surface area contributed by atoms with Crippen molar-refractivity contribution in [3.8, 4) is 0 Å². The fraction of sp³-hybridized carbons (Fsp3) is 0.176. The number of amides is 1. The summed E-state index contributed by atoms with van der Waals surface area (Å²) in [6, 6.07) is 11.0. The van der Waals surface area contributed by atoms with Crippen molar-refractivity contribution in [2.75, 3.05) is 4.90 Å². The molecule has 0 atom stereocenters. The Hall–Kier alpha value is -1.51. The average Bonchev–Trinajstić information content (AvgIpc) is 2.79. The summed E-state index contributed by atoms with van der Waals surface area (Å²) in [5.74, 6) is -1.53. The first kappa shape index (κ1) is 19.8. The Bertz CT molecular complexity index is 955. The zero-order valence-corrected chi connectivity index (χ0v) is 16.7. The van der Waals surface area contributed by atoms with E-state index in [9.17, 15) is 22.6 Å². The molecule has 8 heteroatoms. The molecule has 1 aliphatic heterocycles. The number of benzene rings is 2. The third kappa shape index (κ3) is 3.70. The molecule has 0 bridgehead atoms. The Morgan fingerprint density at radius 2 is 1.68 bits per heavy atom. The molecule has 2 aromatic rings. The van der Waals surface area contributed by atoms with Crippen molar-refractivity contribution in [3.63, 3.8) is 0 Å². The van der Waals surface area contributed by atoms with Gasteiger partial charge in [-0.05, 0) is 35.7 Å². The van der Waals surface area contributed by atoms with E-state index in [0.717, 1.165) is 29.7 Å². The summed E-state index contributed by atoms with van der Waals surface area (Å²) in [5.41, 5.74) is 2.24. The predicted molar refractivity (Wildman–Crippen MR) is 85.7 cm³/mol. The van der Waals surface area contributed by atoms with Crippen LogP contribution in [0.4, 0.5) is 5.69 Å². The molecule has 6 nitrogen and oxygen atoms in total. The van der Waals surface area contributed by atoms with Crippen LogP contribution in [0.15, 0.2) is 47.4 Å². The minimum atomic E-state index is -4.68. The van der Waals surface area contributed by atoms with Gasteiger partial charge in [-0.3, -0.25) is 9.59 Å². The van der Waals surface area contributed by atoms with Crippen molar-refractivity contribution < 1.29 is 52.1 Å².